The number of hydrogen-bond donors (Lipinski definition) is 1. The molecule has 98 valence electrons. The van der Waals surface area contributed by atoms with E-state index < -0.39 is 10.0 Å². The van der Waals surface area contributed by atoms with Gasteiger partial charge in [-0.05, 0) is 30.3 Å². The van der Waals surface area contributed by atoms with E-state index in [1.165, 1.54) is 16.1 Å². The zero-order valence-corrected chi connectivity index (χ0v) is 11.0. The molecule has 1 N–H and O–H groups in total. The first-order valence-electron chi connectivity index (χ1n) is 5.66. The van der Waals surface area contributed by atoms with Gasteiger partial charge in [0.05, 0.1) is 17.5 Å². The maximum absolute atomic E-state index is 12.5. The molecule has 2 heterocycles. The van der Waals surface area contributed by atoms with E-state index in [0.717, 1.165) is 5.39 Å². The van der Waals surface area contributed by atoms with E-state index in [2.05, 4.69) is 4.98 Å². The SMILES string of the molecule is COc1ccc(S(=O)(=O)n2ccc3c[nH]cc32)cc1. The van der Waals surface area contributed by atoms with E-state index in [9.17, 15) is 8.42 Å². The maximum Gasteiger partial charge on any atom is 0.268 e. The average molecular weight is 276 g/mol. The van der Waals surface area contributed by atoms with Crippen molar-refractivity contribution >= 4 is 20.9 Å². The lowest BCUT2D eigenvalue weighted by atomic mass is 10.3. The molecule has 0 bridgehead atoms. The third kappa shape index (κ3) is 1.80. The first-order chi connectivity index (χ1) is 9.13. The second kappa shape index (κ2) is 4.17. The molecule has 0 saturated carbocycles. The summed E-state index contributed by atoms with van der Waals surface area (Å²) in [6.45, 7) is 0. The van der Waals surface area contributed by atoms with E-state index in [4.69, 9.17) is 4.74 Å². The zero-order chi connectivity index (χ0) is 13.5. The highest BCUT2D eigenvalue weighted by Gasteiger charge is 2.18. The van der Waals surface area contributed by atoms with Gasteiger partial charge in [0.15, 0.2) is 0 Å². The van der Waals surface area contributed by atoms with Crippen LogP contribution in [0, 0.1) is 0 Å². The van der Waals surface area contributed by atoms with Crippen LogP contribution in [0.2, 0.25) is 0 Å². The van der Waals surface area contributed by atoms with Gasteiger partial charge >= 0.3 is 0 Å². The molecule has 0 amide bonds. The van der Waals surface area contributed by atoms with Crippen LogP contribution in [0.3, 0.4) is 0 Å². The maximum atomic E-state index is 12.5. The molecule has 5 nitrogen and oxygen atoms in total. The molecule has 0 spiro atoms. The summed E-state index contributed by atoms with van der Waals surface area (Å²) < 4.78 is 31.3. The van der Waals surface area contributed by atoms with Gasteiger partial charge in [0, 0.05) is 24.0 Å². The van der Waals surface area contributed by atoms with Gasteiger partial charge in [0.2, 0.25) is 0 Å². The van der Waals surface area contributed by atoms with Crippen LogP contribution in [-0.2, 0) is 10.0 Å². The molecule has 0 radical (unpaired) electrons. The highest BCUT2D eigenvalue weighted by Crippen LogP contribution is 2.23. The highest BCUT2D eigenvalue weighted by molar-refractivity contribution is 7.90. The van der Waals surface area contributed by atoms with Crippen LogP contribution >= 0.6 is 0 Å². The third-order valence-electron chi connectivity index (χ3n) is 3.00. The van der Waals surface area contributed by atoms with Gasteiger partial charge in [-0.1, -0.05) is 0 Å². The number of rotatable bonds is 3. The van der Waals surface area contributed by atoms with Crippen molar-refractivity contribution in [3.8, 4) is 5.75 Å². The lowest BCUT2D eigenvalue weighted by molar-refractivity contribution is 0.414. The number of hydrogen-bond acceptors (Lipinski definition) is 3. The Bertz CT molecular complexity index is 813. The Kier molecular flexibility index (Phi) is 2.60. The first kappa shape index (κ1) is 11.9. The number of H-pyrrole nitrogens is 1. The van der Waals surface area contributed by atoms with Gasteiger partial charge in [0.1, 0.15) is 5.75 Å². The van der Waals surface area contributed by atoms with Crippen molar-refractivity contribution in [2.45, 2.75) is 4.90 Å². The molecular weight excluding hydrogens is 264 g/mol. The summed E-state index contributed by atoms with van der Waals surface area (Å²) in [6.07, 6.45) is 4.98. The molecule has 0 fully saturated rings. The average Bonchev–Trinajstić information content (AvgIpc) is 3.01. The van der Waals surface area contributed by atoms with E-state index in [1.54, 1.807) is 43.9 Å². The second-order valence-corrected chi connectivity index (χ2v) is 5.90. The van der Waals surface area contributed by atoms with Crippen LogP contribution < -0.4 is 4.74 Å². The standard InChI is InChI=1S/C13H12N2O3S/c1-18-11-2-4-12(5-3-11)19(16,17)15-7-6-10-8-14-9-13(10)15/h2-9,14H,1H3. The summed E-state index contributed by atoms with van der Waals surface area (Å²) in [5, 5.41) is 0.858. The Hall–Kier alpha value is -2.21. The predicted octanol–water partition coefficient (Wildman–Crippen LogP) is 2.21. The molecule has 0 aliphatic carbocycles. The highest BCUT2D eigenvalue weighted by atomic mass is 32.2. The molecule has 0 atom stereocenters. The molecule has 1 aromatic carbocycles. The van der Waals surface area contributed by atoms with Crippen molar-refractivity contribution < 1.29 is 13.2 Å². The fourth-order valence-electron chi connectivity index (χ4n) is 1.99. The molecular formula is C13H12N2O3S. The molecule has 0 aliphatic rings. The second-order valence-electron chi connectivity index (χ2n) is 4.09. The van der Waals surface area contributed by atoms with Crippen LogP contribution in [0.15, 0.2) is 53.8 Å². The van der Waals surface area contributed by atoms with Crippen molar-refractivity contribution in [1.82, 2.24) is 8.96 Å². The van der Waals surface area contributed by atoms with Crippen molar-refractivity contribution in [2.24, 2.45) is 0 Å². The molecule has 0 aliphatic heterocycles. The molecule has 3 aromatic rings. The number of fused-ring (bicyclic) bond motifs is 1. The van der Waals surface area contributed by atoms with Crippen molar-refractivity contribution in [1.29, 1.82) is 0 Å². The number of methoxy groups -OCH3 is 1. The molecule has 2 aromatic heterocycles. The number of aromatic amines is 1. The number of aromatic nitrogens is 2. The van der Waals surface area contributed by atoms with Crippen molar-refractivity contribution in [3.63, 3.8) is 0 Å². The fourth-order valence-corrected chi connectivity index (χ4v) is 3.34. The number of nitrogens with one attached hydrogen (secondary N) is 1. The van der Waals surface area contributed by atoms with Crippen molar-refractivity contribution in [2.75, 3.05) is 7.11 Å². The summed E-state index contributed by atoms with van der Waals surface area (Å²) in [5.74, 6) is 0.623. The van der Waals surface area contributed by atoms with Crippen LogP contribution in [-0.4, -0.2) is 24.5 Å². The van der Waals surface area contributed by atoms with E-state index >= 15 is 0 Å². The molecule has 6 heteroatoms. The third-order valence-corrected chi connectivity index (χ3v) is 4.70. The van der Waals surface area contributed by atoms with Crippen LogP contribution in [0.4, 0.5) is 0 Å². The number of benzene rings is 1. The predicted molar refractivity (Wildman–Crippen MR) is 71.9 cm³/mol. The van der Waals surface area contributed by atoms with E-state index in [-0.39, 0.29) is 4.90 Å². The Labute approximate surface area is 110 Å². The van der Waals surface area contributed by atoms with Gasteiger partial charge < -0.3 is 9.72 Å². The van der Waals surface area contributed by atoms with E-state index in [1.807, 2.05) is 0 Å². The molecule has 0 unspecified atom stereocenters. The monoisotopic (exact) mass is 276 g/mol. The van der Waals surface area contributed by atoms with Gasteiger partial charge in [0.25, 0.3) is 10.0 Å². The summed E-state index contributed by atoms with van der Waals surface area (Å²) in [4.78, 5) is 3.12. The molecule has 19 heavy (non-hydrogen) atoms. The summed E-state index contributed by atoms with van der Waals surface area (Å²) in [5.41, 5.74) is 0.635. The zero-order valence-electron chi connectivity index (χ0n) is 10.2. The molecule has 3 rings (SSSR count). The van der Waals surface area contributed by atoms with Gasteiger partial charge in [-0.3, -0.25) is 0 Å². The fraction of sp³-hybridized carbons (Fsp3) is 0.0769. The first-order valence-corrected chi connectivity index (χ1v) is 7.10. The lowest BCUT2D eigenvalue weighted by Gasteiger charge is -2.07. The lowest BCUT2D eigenvalue weighted by Crippen LogP contribution is -2.11. The largest absolute Gasteiger partial charge is 0.497 e. The van der Waals surface area contributed by atoms with Crippen molar-refractivity contribution in [3.05, 3.63) is 48.9 Å². The number of nitrogens with zero attached hydrogens (tertiary/aromatic N) is 1. The van der Waals surface area contributed by atoms with E-state index in [0.29, 0.717) is 11.3 Å². The van der Waals surface area contributed by atoms with Crippen LogP contribution in [0.25, 0.3) is 10.9 Å². The van der Waals surface area contributed by atoms with Crippen LogP contribution in [0.1, 0.15) is 0 Å². The topological polar surface area (TPSA) is 64.1 Å². The normalized spacial score (nSPS) is 11.8. The van der Waals surface area contributed by atoms with Gasteiger partial charge in [-0.2, -0.15) is 0 Å². The Morgan fingerprint density at radius 1 is 1.11 bits per heavy atom. The Morgan fingerprint density at radius 2 is 1.84 bits per heavy atom. The van der Waals surface area contributed by atoms with Gasteiger partial charge in [-0.25, -0.2) is 12.4 Å². The molecule has 0 saturated heterocycles. The Morgan fingerprint density at radius 3 is 2.53 bits per heavy atom. The minimum Gasteiger partial charge on any atom is -0.497 e. The van der Waals surface area contributed by atoms with Crippen LogP contribution in [0.5, 0.6) is 5.75 Å². The smallest absolute Gasteiger partial charge is 0.268 e. The number of ether oxygens (including phenoxy) is 1. The summed E-state index contributed by atoms with van der Waals surface area (Å²) >= 11 is 0. The summed E-state index contributed by atoms with van der Waals surface area (Å²) in [6, 6.07) is 8.08. The quantitative estimate of drug-likeness (QED) is 0.797. The Balaban J connectivity index is 2.14. The van der Waals surface area contributed by atoms with Gasteiger partial charge in [-0.15, -0.1) is 0 Å². The minimum absolute atomic E-state index is 0.229. The summed E-state index contributed by atoms with van der Waals surface area (Å²) in [7, 11) is -2.04. The minimum atomic E-state index is -3.58.